The van der Waals surface area contributed by atoms with Crippen molar-refractivity contribution in [3.63, 3.8) is 0 Å². The fourth-order valence-electron chi connectivity index (χ4n) is 2.03. The molecule has 9 heteroatoms. The first-order valence-corrected chi connectivity index (χ1v) is 11.9. The molecule has 0 saturated carbocycles. The second-order valence-electron chi connectivity index (χ2n) is 5.29. The van der Waals surface area contributed by atoms with E-state index in [1.165, 1.54) is 0 Å². The van der Waals surface area contributed by atoms with Crippen molar-refractivity contribution in [2.75, 3.05) is 24.6 Å². The van der Waals surface area contributed by atoms with Crippen LogP contribution in [0.5, 0.6) is 0 Å². The van der Waals surface area contributed by atoms with Gasteiger partial charge in [0.1, 0.15) is 0 Å². The van der Waals surface area contributed by atoms with Crippen molar-refractivity contribution in [1.82, 2.24) is 9.44 Å². The maximum absolute atomic E-state index is 11.5. The third-order valence-corrected chi connectivity index (χ3v) is 7.43. The van der Waals surface area contributed by atoms with Crippen LogP contribution in [0.15, 0.2) is 12.1 Å². The standard InChI is InChI=1S/C14H26N2O4S3/c1-3-11-22(17,18)15-9-7-13-5-6-14(21-13)8-10-16-23(19,20)12-4-2/h5-6,15-16H,3-4,7-12H2,1-2H3. The maximum atomic E-state index is 11.5. The number of hydrogen-bond donors (Lipinski definition) is 2. The van der Waals surface area contributed by atoms with E-state index in [4.69, 9.17) is 0 Å². The van der Waals surface area contributed by atoms with Crippen LogP contribution in [-0.4, -0.2) is 41.4 Å². The average Bonchev–Trinajstić information content (AvgIpc) is 2.86. The van der Waals surface area contributed by atoms with Crippen LogP contribution in [0.25, 0.3) is 0 Å². The zero-order valence-corrected chi connectivity index (χ0v) is 16.1. The minimum atomic E-state index is -3.15. The van der Waals surface area contributed by atoms with Gasteiger partial charge in [-0.2, -0.15) is 0 Å². The Morgan fingerprint density at radius 3 is 1.57 bits per heavy atom. The highest BCUT2D eigenvalue weighted by atomic mass is 32.2. The molecule has 0 atom stereocenters. The number of rotatable bonds is 12. The Bertz CT molecular complexity index is 609. The van der Waals surface area contributed by atoms with Crippen LogP contribution in [-0.2, 0) is 32.9 Å². The summed E-state index contributed by atoms with van der Waals surface area (Å²) in [6.45, 7) is 4.45. The first kappa shape index (κ1) is 20.6. The van der Waals surface area contributed by atoms with E-state index in [-0.39, 0.29) is 11.5 Å². The van der Waals surface area contributed by atoms with Crippen LogP contribution in [0.2, 0.25) is 0 Å². The maximum Gasteiger partial charge on any atom is 0.211 e. The van der Waals surface area contributed by atoms with Crippen molar-refractivity contribution in [3.8, 4) is 0 Å². The molecule has 0 aliphatic rings. The van der Waals surface area contributed by atoms with Gasteiger partial charge >= 0.3 is 0 Å². The smallest absolute Gasteiger partial charge is 0.211 e. The lowest BCUT2D eigenvalue weighted by atomic mass is 10.3. The Kier molecular flexibility index (Phi) is 8.70. The highest BCUT2D eigenvalue weighted by Gasteiger charge is 2.09. The third kappa shape index (κ3) is 8.80. The molecule has 1 aromatic rings. The largest absolute Gasteiger partial charge is 0.215 e. The van der Waals surface area contributed by atoms with Crippen molar-refractivity contribution in [1.29, 1.82) is 0 Å². The summed E-state index contributed by atoms with van der Waals surface area (Å²) < 4.78 is 51.3. The van der Waals surface area contributed by atoms with E-state index in [2.05, 4.69) is 9.44 Å². The van der Waals surface area contributed by atoms with Gasteiger partial charge < -0.3 is 0 Å². The predicted octanol–water partition coefficient (Wildman–Crippen LogP) is 1.49. The molecule has 0 bridgehead atoms. The van der Waals surface area contributed by atoms with E-state index >= 15 is 0 Å². The van der Waals surface area contributed by atoms with Gasteiger partial charge in [-0.1, -0.05) is 13.8 Å². The van der Waals surface area contributed by atoms with Gasteiger partial charge in [0.05, 0.1) is 11.5 Å². The van der Waals surface area contributed by atoms with E-state index in [1.54, 1.807) is 11.3 Å². The second kappa shape index (κ2) is 9.73. The topological polar surface area (TPSA) is 92.3 Å². The van der Waals surface area contributed by atoms with Crippen molar-refractivity contribution < 1.29 is 16.8 Å². The molecular formula is C14H26N2O4S3. The summed E-state index contributed by atoms with van der Waals surface area (Å²) >= 11 is 1.59. The Labute approximate surface area is 143 Å². The molecule has 0 aliphatic carbocycles. The van der Waals surface area contributed by atoms with E-state index in [9.17, 15) is 16.8 Å². The average molecular weight is 383 g/mol. The Morgan fingerprint density at radius 1 is 0.826 bits per heavy atom. The molecule has 0 aromatic carbocycles. The molecule has 134 valence electrons. The molecule has 23 heavy (non-hydrogen) atoms. The third-order valence-electron chi connectivity index (χ3n) is 3.05. The van der Waals surface area contributed by atoms with Gasteiger partial charge in [0.25, 0.3) is 0 Å². The number of nitrogens with one attached hydrogen (secondary N) is 2. The van der Waals surface area contributed by atoms with Gasteiger partial charge in [-0.25, -0.2) is 26.3 Å². The SMILES string of the molecule is CCCS(=O)(=O)NCCc1ccc(CCNS(=O)(=O)CCC)s1. The van der Waals surface area contributed by atoms with Crippen molar-refractivity contribution >= 4 is 31.4 Å². The summed E-state index contributed by atoms with van der Waals surface area (Å²) in [5.41, 5.74) is 0. The first-order chi connectivity index (χ1) is 10.8. The first-order valence-electron chi connectivity index (χ1n) is 7.80. The molecule has 0 spiro atoms. The van der Waals surface area contributed by atoms with Crippen LogP contribution in [0.1, 0.15) is 36.4 Å². The summed E-state index contributed by atoms with van der Waals surface area (Å²) in [5, 5.41) is 0. The van der Waals surface area contributed by atoms with Crippen molar-refractivity contribution in [2.24, 2.45) is 0 Å². The number of hydrogen-bond acceptors (Lipinski definition) is 5. The van der Waals surface area contributed by atoms with Gasteiger partial charge in [0.2, 0.25) is 20.0 Å². The summed E-state index contributed by atoms with van der Waals surface area (Å²) in [6, 6.07) is 3.93. The van der Waals surface area contributed by atoms with Gasteiger partial charge in [-0.05, 0) is 37.8 Å². The van der Waals surface area contributed by atoms with Crippen LogP contribution >= 0.6 is 11.3 Å². The lowest BCUT2D eigenvalue weighted by Gasteiger charge is -2.04. The Morgan fingerprint density at radius 2 is 1.22 bits per heavy atom. The molecule has 2 N–H and O–H groups in total. The Balaban J connectivity index is 2.35. The molecule has 1 aromatic heterocycles. The highest BCUT2D eigenvalue weighted by Crippen LogP contribution is 2.17. The monoisotopic (exact) mass is 382 g/mol. The van der Waals surface area contributed by atoms with Crippen LogP contribution in [0, 0.1) is 0 Å². The minimum Gasteiger partial charge on any atom is -0.215 e. The molecule has 0 fully saturated rings. The van der Waals surface area contributed by atoms with Crippen LogP contribution in [0.4, 0.5) is 0 Å². The van der Waals surface area contributed by atoms with E-state index < -0.39 is 20.0 Å². The van der Waals surface area contributed by atoms with Gasteiger partial charge in [0.15, 0.2) is 0 Å². The summed E-state index contributed by atoms with van der Waals surface area (Å²) in [7, 11) is -6.31. The lowest BCUT2D eigenvalue weighted by Crippen LogP contribution is -2.28. The molecule has 0 unspecified atom stereocenters. The van der Waals surface area contributed by atoms with Crippen molar-refractivity contribution in [3.05, 3.63) is 21.9 Å². The quantitative estimate of drug-likeness (QED) is 0.573. The van der Waals surface area contributed by atoms with Gasteiger partial charge in [0, 0.05) is 22.8 Å². The van der Waals surface area contributed by atoms with Crippen molar-refractivity contribution in [2.45, 2.75) is 39.5 Å². The minimum absolute atomic E-state index is 0.153. The predicted molar refractivity (Wildman–Crippen MR) is 95.9 cm³/mol. The fraction of sp³-hybridized carbons (Fsp3) is 0.714. The Hall–Kier alpha value is -0.480. The normalized spacial score (nSPS) is 12.6. The molecule has 6 nitrogen and oxygen atoms in total. The van der Waals surface area contributed by atoms with Gasteiger partial charge in [-0.3, -0.25) is 0 Å². The van der Waals surface area contributed by atoms with Crippen LogP contribution in [0.3, 0.4) is 0 Å². The molecule has 0 radical (unpaired) electrons. The summed E-state index contributed by atoms with van der Waals surface area (Å²) in [4.78, 5) is 2.19. The van der Waals surface area contributed by atoms with E-state index in [0.29, 0.717) is 38.8 Å². The molecular weight excluding hydrogens is 356 g/mol. The van der Waals surface area contributed by atoms with E-state index in [0.717, 1.165) is 9.75 Å². The van der Waals surface area contributed by atoms with E-state index in [1.807, 2.05) is 26.0 Å². The van der Waals surface area contributed by atoms with Gasteiger partial charge in [-0.15, -0.1) is 11.3 Å². The zero-order valence-electron chi connectivity index (χ0n) is 13.7. The summed E-state index contributed by atoms with van der Waals surface area (Å²) in [6.07, 6.45) is 2.50. The molecule has 0 saturated heterocycles. The molecule has 1 rings (SSSR count). The highest BCUT2D eigenvalue weighted by molar-refractivity contribution is 7.89. The zero-order chi connectivity index (χ0) is 17.3. The fourth-order valence-corrected chi connectivity index (χ4v) is 5.24. The number of sulfonamides is 2. The molecule has 0 aliphatic heterocycles. The second-order valence-corrected chi connectivity index (χ2v) is 10.4. The van der Waals surface area contributed by atoms with Crippen LogP contribution < -0.4 is 9.44 Å². The number of thiophene rings is 1. The molecule has 1 heterocycles. The molecule has 0 amide bonds. The lowest BCUT2D eigenvalue weighted by molar-refractivity contribution is 0.578. The summed E-state index contributed by atoms with van der Waals surface area (Å²) in [5.74, 6) is 0.307.